The standard InChI is InChI=1S/C24H16ClNO6/c1-30-21-4-2-3-5-22(21)31-17-9-6-15(7-10-17)24(27)23-13-12-20(32-23)16-8-11-18(25)19(14-16)26(28)29/h2-14H,1H3. The lowest BCUT2D eigenvalue weighted by Crippen LogP contribution is -1.99. The number of furan rings is 1. The van der Waals surface area contributed by atoms with Gasteiger partial charge in [0.2, 0.25) is 5.78 Å². The zero-order valence-electron chi connectivity index (χ0n) is 16.8. The maximum Gasteiger partial charge on any atom is 0.288 e. The molecule has 4 rings (SSSR count). The first kappa shape index (κ1) is 21.1. The van der Waals surface area contributed by atoms with Gasteiger partial charge in [-0.05, 0) is 60.7 Å². The zero-order valence-corrected chi connectivity index (χ0v) is 17.5. The Kier molecular flexibility index (Phi) is 5.91. The Hall–Kier alpha value is -4.10. The van der Waals surface area contributed by atoms with Crippen molar-refractivity contribution in [2.24, 2.45) is 0 Å². The number of nitro groups is 1. The lowest BCUT2D eigenvalue weighted by Gasteiger charge is -2.10. The molecule has 0 aliphatic rings. The molecule has 7 nitrogen and oxygen atoms in total. The first-order valence-electron chi connectivity index (χ1n) is 9.46. The third-order valence-corrected chi connectivity index (χ3v) is 4.99. The number of carbonyl (C=O) groups excluding carboxylic acids is 1. The van der Waals surface area contributed by atoms with Crippen LogP contribution in [0.1, 0.15) is 16.1 Å². The highest BCUT2D eigenvalue weighted by atomic mass is 35.5. The van der Waals surface area contributed by atoms with Crippen LogP contribution in [0.4, 0.5) is 5.69 Å². The largest absolute Gasteiger partial charge is 0.493 e. The highest BCUT2D eigenvalue weighted by Crippen LogP contribution is 2.33. The summed E-state index contributed by atoms with van der Waals surface area (Å²) >= 11 is 5.85. The van der Waals surface area contributed by atoms with E-state index in [9.17, 15) is 14.9 Å². The second-order valence-electron chi connectivity index (χ2n) is 6.69. The Morgan fingerprint density at radius 3 is 2.38 bits per heavy atom. The van der Waals surface area contributed by atoms with Crippen LogP contribution in [0.15, 0.2) is 83.3 Å². The van der Waals surface area contributed by atoms with Gasteiger partial charge in [-0.1, -0.05) is 23.7 Å². The molecule has 0 unspecified atom stereocenters. The highest BCUT2D eigenvalue weighted by molar-refractivity contribution is 6.32. The van der Waals surface area contributed by atoms with Gasteiger partial charge in [0, 0.05) is 17.2 Å². The Morgan fingerprint density at radius 1 is 0.969 bits per heavy atom. The smallest absolute Gasteiger partial charge is 0.288 e. The number of para-hydroxylation sites is 2. The first-order chi connectivity index (χ1) is 15.5. The Labute approximate surface area is 187 Å². The topological polar surface area (TPSA) is 91.8 Å². The normalized spacial score (nSPS) is 10.6. The quantitative estimate of drug-likeness (QED) is 0.181. The minimum atomic E-state index is -0.574. The van der Waals surface area contributed by atoms with E-state index in [1.54, 1.807) is 55.6 Å². The summed E-state index contributed by atoms with van der Waals surface area (Å²) in [5.74, 6) is 1.79. The molecule has 0 radical (unpaired) electrons. The van der Waals surface area contributed by atoms with Gasteiger partial charge in [0.25, 0.3) is 5.69 Å². The van der Waals surface area contributed by atoms with Crippen molar-refractivity contribution in [1.29, 1.82) is 0 Å². The molecule has 0 fully saturated rings. The lowest BCUT2D eigenvalue weighted by atomic mass is 10.1. The van der Waals surface area contributed by atoms with E-state index in [2.05, 4.69) is 0 Å². The number of nitrogens with zero attached hydrogens (tertiary/aromatic N) is 1. The molecule has 1 aromatic heterocycles. The molecule has 0 aliphatic heterocycles. The van der Waals surface area contributed by atoms with Crippen molar-refractivity contribution < 1.29 is 23.6 Å². The van der Waals surface area contributed by atoms with E-state index in [0.29, 0.717) is 34.1 Å². The van der Waals surface area contributed by atoms with Crippen LogP contribution >= 0.6 is 11.6 Å². The Balaban J connectivity index is 1.53. The van der Waals surface area contributed by atoms with Gasteiger partial charge < -0.3 is 13.9 Å². The molecule has 32 heavy (non-hydrogen) atoms. The van der Waals surface area contributed by atoms with Gasteiger partial charge in [0.15, 0.2) is 17.3 Å². The van der Waals surface area contributed by atoms with Crippen LogP contribution in [-0.4, -0.2) is 17.8 Å². The molecule has 160 valence electrons. The van der Waals surface area contributed by atoms with Crippen molar-refractivity contribution in [3.63, 3.8) is 0 Å². The fourth-order valence-corrected chi connectivity index (χ4v) is 3.25. The third-order valence-electron chi connectivity index (χ3n) is 4.67. The molecule has 8 heteroatoms. The fourth-order valence-electron chi connectivity index (χ4n) is 3.07. The molecule has 0 saturated heterocycles. The van der Waals surface area contributed by atoms with E-state index in [0.717, 1.165) is 0 Å². The van der Waals surface area contributed by atoms with E-state index in [1.807, 2.05) is 12.1 Å². The van der Waals surface area contributed by atoms with E-state index < -0.39 is 4.92 Å². The molecule has 0 atom stereocenters. The van der Waals surface area contributed by atoms with Crippen molar-refractivity contribution in [1.82, 2.24) is 0 Å². The molecule has 3 aromatic carbocycles. The van der Waals surface area contributed by atoms with E-state index >= 15 is 0 Å². The molecule has 0 saturated carbocycles. The number of hydrogen-bond acceptors (Lipinski definition) is 6. The molecular formula is C24H16ClNO6. The molecule has 0 bridgehead atoms. The number of ether oxygens (including phenoxy) is 2. The average Bonchev–Trinajstić information content (AvgIpc) is 3.30. The van der Waals surface area contributed by atoms with Crippen molar-refractivity contribution in [2.75, 3.05) is 7.11 Å². The van der Waals surface area contributed by atoms with Crippen molar-refractivity contribution in [3.8, 4) is 28.6 Å². The number of carbonyl (C=O) groups is 1. The van der Waals surface area contributed by atoms with E-state index in [-0.39, 0.29) is 22.3 Å². The highest BCUT2D eigenvalue weighted by Gasteiger charge is 2.18. The number of methoxy groups -OCH3 is 1. The van der Waals surface area contributed by atoms with Crippen molar-refractivity contribution >= 4 is 23.1 Å². The molecule has 0 aliphatic carbocycles. The van der Waals surface area contributed by atoms with Gasteiger partial charge in [-0.15, -0.1) is 0 Å². The van der Waals surface area contributed by atoms with Gasteiger partial charge in [0.1, 0.15) is 16.5 Å². The summed E-state index contributed by atoms with van der Waals surface area (Å²) in [5, 5.41) is 11.1. The van der Waals surface area contributed by atoms with Crippen molar-refractivity contribution in [3.05, 3.63) is 105 Å². The summed E-state index contributed by atoms with van der Waals surface area (Å²) < 4.78 is 16.7. The van der Waals surface area contributed by atoms with Crippen LogP contribution in [-0.2, 0) is 0 Å². The number of ketones is 1. The second-order valence-corrected chi connectivity index (χ2v) is 7.10. The Bertz CT molecular complexity index is 1300. The maximum absolute atomic E-state index is 12.8. The predicted octanol–water partition coefficient (Wildman–Crippen LogP) is 6.54. The van der Waals surface area contributed by atoms with E-state index in [1.165, 1.54) is 18.2 Å². The van der Waals surface area contributed by atoms with Crippen LogP contribution in [0.2, 0.25) is 5.02 Å². The molecule has 4 aromatic rings. The predicted molar refractivity (Wildman–Crippen MR) is 119 cm³/mol. The van der Waals surface area contributed by atoms with Gasteiger partial charge in [0.05, 0.1) is 12.0 Å². The van der Waals surface area contributed by atoms with Crippen molar-refractivity contribution in [2.45, 2.75) is 0 Å². The van der Waals surface area contributed by atoms with E-state index in [4.69, 9.17) is 25.5 Å². The monoisotopic (exact) mass is 449 g/mol. The average molecular weight is 450 g/mol. The Morgan fingerprint density at radius 2 is 1.69 bits per heavy atom. The van der Waals surface area contributed by atoms with Gasteiger partial charge in [-0.25, -0.2) is 0 Å². The number of hydrogen-bond donors (Lipinski definition) is 0. The number of halogens is 1. The van der Waals surface area contributed by atoms with Gasteiger partial charge in [-0.2, -0.15) is 0 Å². The number of nitro benzene ring substituents is 1. The molecular weight excluding hydrogens is 434 g/mol. The summed E-state index contributed by atoms with van der Waals surface area (Å²) in [4.78, 5) is 23.3. The summed E-state index contributed by atoms with van der Waals surface area (Å²) in [6.07, 6.45) is 0. The van der Waals surface area contributed by atoms with Gasteiger partial charge in [-0.3, -0.25) is 14.9 Å². The van der Waals surface area contributed by atoms with Crippen LogP contribution in [0, 0.1) is 10.1 Å². The van der Waals surface area contributed by atoms with Crippen LogP contribution in [0.3, 0.4) is 0 Å². The maximum atomic E-state index is 12.8. The lowest BCUT2D eigenvalue weighted by molar-refractivity contribution is -0.384. The summed E-state index contributed by atoms with van der Waals surface area (Å²) in [6.45, 7) is 0. The van der Waals surface area contributed by atoms with Gasteiger partial charge >= 0.3 is 0 Å². The van der Waals surface area contributed by atoms with Crippen LogP contribution < -0.4 is 9.47 Å². The van der Waals surface area contributed by atoms with Crippen LogP contribution in [0.5, 0.6) is 17.2 Å². The first-order valence-corrected chi connectivity index (χ1v) is 9.84. The SMILES string of the molecule is COc1ccccc1Oc1ccc(C(=O)c2ccc(-c3ccc(Cl)c([N+](=O)[O-])c3)o2)cc1. The summed E-state index contributed by atoms with van der Waals surface area (Å²) in [6, 6.07) is 21.3. The summed E-state index contributed by atoms with van der Waals surface area (Å²) in [5.41, 5.74) is 0.611. The third kappa shape index (κ3) is 4.33. The second kappa shape index (κ2) is 8.95. The minimum Gasteiger partial charge on any atom is -0.493 e. The number of benzene rings is 3. The molecule has 0 amide bonds. The van der Waals surface area contributed by atoms with Crippen LogP contribution in [0.25, 0.3) is 11.3 Å². The molecule has 0 spiro atoms. The summed E-state index contributed by atoms with van der Waals surface area (Å²) in [7, 11) is 1.56. The molecule has 0 N–H and O–H groups in total. The minimum absolute atomic E-state index is 0.0250. The zero-order chi connectivity index (χ0) is 22.7. The molecule has 1 heterocycles. The number of rotatable bonds is 7. The fraction of sp³-hybridized carbons (Fsp3) is 0.0417.